The summed E-state index contributed by atoms with van der Waals surface area (Å²) < 4.78 is 14.6. The molecule has 0 amide bonds. The number of pyridine rings is 1. The average molecular weight is 280 g/mol. The van der Waals surface area contributed by atoms with Gasteiger partial charge in [0.25, 0.3) is 0 Å². The SMILES string of the molecule is CSC1CCC(Nc2nc3ccc(F)cn3n2)CC1. The lowest BCUT2D eigenvalue weighted by Gasteiger charge is -2.27. The predicted molar refractivity (Wildman–Crippen MR) is 76.1 cm³/mol. The van der Waals surface area contributed by atoms with Gasteiger partial charge in [0.1, 0.15) is 5.82 Å². The standard InChI is InChI=1S/C13H17FN4S/c1-19-11-5-3-10(4-6-11)15-13-16-12-7-2-9(14)8-18(12)17-13/h2,7-8,10-11H,3-6H2,1H3,(H,15,17). The van der Waals surface area contributed by atoms with E-state index in [1.807, 2.05) is 11.8 Å². The first-order valence-corrected chi connectivity index (χ1v) is 7.84. The van der Waals surface area contributed by atoms with E-state index in [0.717, 1.165) is 18.1 Å². The number of thioether (sulfide) groups is 1. The molecule has 1 N–H and O–H groups in total. The highest BCUT2D eigenvalue weighted by atomic mass is 32.2. The Morgan fingerprint density at radius 2 is 2.11 bits per heavy atom. The van der Waals surface area contributed by atoms with Gasteiger partial charge in [-0.3, -0.25) is 0 Å². The van der Waals surface area contributed by atoms with Gasteiger partial charge < -0.3 is 5.32 Å². The molecule has 1 aliphatic carbocycles. The van der Waals surface area contributed by atoms with Crippen molar-refractivity contribution in [3.05, 3.63) is 24.1 Å². The van der Waals surface area contributed by atoms with Crippen LogP contribution >= 0.6 is 11.8 Å². The quantitative estimate of drug-likeness (QED) is 0.938. The number of aromatic nitrogens is 3. The summed E-state index contributed by atoms with van der Waals surface area (Å²) in [5.41, 5.74) is 0.668. The van der Waals surface area contributed by atoms with Gasteiger partial charge in [0.15, 0.2) is 5.65 Å². The molecule has 102 valence electrons. The van der Waals surface area contributed by atoms with Crippen molar-refractivity contribution in [1.29, 1.82) is 0 Å². The van der Waals surface area contributed by atoms with Gasteiger partial charge in [-0.25, -0.2) is 8.91 Å². The maximum absolute atomic E-state index is 13.1. The molecule has 0 radical (unpaired) electrons. The van der Waals surface area contributed by atoms with Gasteiger partial charge in [0.2, 0.25) is 5.95 Å². The minimum absolute atomic E-state index is 0.301. The molecule has 2 aromatic rings. The van der Waals surface area contributed by atoms with E-state index in [-0.39, 0.29) is 5.82 Å². The highest BCUT2D eigenvalue weighted by molar-refractivity contribution is 7.99. The Morgan fingerprint density at radius 3 is 2.84 bits per heavy atom. The van der Waals surface area contributed by atoms with Crippen LogP contribution in [0.4, 0.5) is 10.3 Å². The van der Waals surface area contributed by atoms with Gasteiger partial charge in [-0.15, -0.1) is 5.10 Å². The Bertz CT molecular complexity index is 563. The fourth-order valence-electron chi connectivity index (χ4n) is 2.54. The van der Waals surface area contributed by atoms with Gasteiger partial charge in [0, 0.05) is 11.3 Å². The van der Waals surface area contributed by atoms with Crippen LogP contribution in [0.15, 0.2) is 18.3 Å². The van der Waals surface area contributed by atoms with Crippen LogP contribution in [-0.2, 0) is 0 Å². The maximum atomic E-state index is 13.1. The molecule has 19 heavy (non-hydrogen) atoms. The number of fused-ring (bicyclic) bond motifs is 1. The van der Waals surface area contributed by atoms with Gasteiger partial charge in [-0.2, -0.15) is 16.7 Å². The Labute approximate surface area is 115 Å². The monoisotopic (exact) mass is 280 g/mol. The molecule has 0 unspecified atom stereocenters. The molecule has 0 bridgehead atoms. The second-order valence-corrected chi connectivity index (χ2v) is 6.08. The van der Waals surface area contributed by atoms with Gasteiger partial charge in [0.05, 0.1) is 6.20 Å². The summed E-state index contributed by atoms with van der Waals surface area (Å²) in [7, 11) is 0. The lowest BCUT2D eigenvalue weighted by molar-refractivity contribution is 0.471. The molecule has 0 aromatic carbocycles. The van der Waals surface area contributed by atoms with Crippen molar-refractivity contribution in [3.63, 3.8) is 0 Å². The van der Waals surface area contributed by atoms with E-state index in [0.29, 0.717) is 17.6 Å². The summed E-state index contributed by atoms with van der Waals surface area (Å²) in [6.07, 6.45) is 8.29. The predicted octanol–water partition coefficient (Wildman–Crippen LogP) is 2.95. The number of anilines is 1. The molecule has 1 fully saturated rings. The lowest BCUT2D eigenvalue weighted by atomic mass is 9.95. The van der Waals surface area contributed by atoms with Crippen molar-refractivity contribution in [1.82, 2.24) is 14.6 Å². The number of nitrogens with one attached hydrogen (secondary N) is 1. The molecule has 1 aliphatic rings. The zero-order valence-electron chi connectivity index (χ0n) is 10.8. The fourth-order valence-corrected chi connectivity index (χ4v) is 3.29. The number of halogens is 1. The summed E-state index contributed by atoms with van der Waals surface area (Å²) in [4.78, 5) is 4.36. The Hall–Kier alpha value is -1.30. The van der Waals surface area contributed by atoms with Crippen molar-refractivity contribution in [2.75, 3.05) is 11.6 Å². The van der Waals surface area contributed by atoms with E-state index >= 15 is 0 Å². The first-order valence-electron chi connectivity index (χ1n) is 6.56. The molecule has 6 heteroatoms. The van der Waals surface area contributed by atoms with E-state index in [9.17, 15) is 4.39 Å². The summed E-state index contributed by atoms with van der Waals surface area (Å²) >= 11 is 1.95. The van der Waals surface area contributed by atoms with E-state index < -0.39 is 0 Å². The molecule has 0 saturated heterocycles. The van der Waals surface area contributed by atoms with Crippen molar-refractivity contribution in [2.45, 2.75) is 37.0 Å². The first kappa shape index (κ1) is 12.7. The van der Waals surface area contributed by atoms with Crippen molar-refractivity contribution in [3.8, 4) is 0 Å². The molecule has 3 rings (SSSR count). The topological polar surface area (TPSA) is 42.2 Å². The van der Waals surface area contributed by atoms with E-state index in [1.165, 1.54) is 29.6 Å². The Kier molecular flexibility index (Phi) is 3.59. The van der Waals surface area contributed by atoms with Gasteiger partial charge in [-0.1, -0.05) is 0 Å². The second-order valence-electron chi connectivity index (χ2n) is 4.94. The second kappa shape index (κ2) is 5.36. The normalized spacial score (nSPS) is 23.7. The molecule has 0 spiro atoms. The van der Waals surface area contributed by atoms with E-state index in [2.05, 4.69) is 21.7 Å². The van der Waals surface area contributed by atoms with Crippen LogP contribution in [0.1, 0.15) is 25.7 Å². The largest absolute Gasteiger partial charge is 0.350 e. The summed E-state index contributed by atoms with van der Waals surface area (Å²) in [6.45, 7) is 0. The summed E-state index contributed by atoms with van der Waals surface area (Å²) in [5.74, 6) is 0.294. The molecular formula is C13H17FN4S. The molecule has 0 atom stereocenters. The third-order valence-electron chi connectivity index (χ3n) is 3.64. The van der Waals surface area contributed by atoms with Crippen molar-refractivity contribution >= 4 is 23.4 Å². The molecule has 4 nitrogen and oxygen atoms in total. The third kappa shape index (κ3) is 2.83. The number of hydrogen-bond acceptors (Lipinski definition) is 4. The number of nitrogens with zero attached hydrogens (tertiary/aromatic N) is 3. The highest BCUT2D eigenvalue weighted by Gasteiger charge is 2.21. The smallest absolute Gasteiger partial charge is 0.243 e. The maximum Gasteiger partial charge on any atom is 0.243 e. The zero-order valence-corrected chi connectivity index (χ0v) is 11.7. The van der Waals surface area contributed by atoms with Gasteiger partial charge >= 0.3 is 0 Å². The van der Waals surface area contributed by atoms with Crippen LogP contribution in [0.25, 0.3) is 5.65 Å². The number of hydrogen-bond donors (Lipinski definition) is 1. The highest BCUT2D eigenvalue weighted by Crippen LogP contribution is 2.28. The summed E-state index contributed by atoms with van der Waals surface area (Å²) in [6, 6.07) is 3.47. The molecular weight excluding hydrogens is 263 g/mol. The van der Waals surface area contributed by atoms with E-state index in [1.54, 1.807) is 6.07 Å². The average Bonchev–Trinajstić information content (AvgIpc) is 2.81. The van der Waals surface area contributed by atoms with Crippen LogP contribution in [0.3, 0.4) is 0 Å². The van der Waals surface area contributed by atoms with Crippen LogP contribution in [0.5, 0.6) is 0 Å². The zero-order chi connectivity index (χ0) is 13.2. The minimum Gasteiger partial charge on any atom is -0.350 e. The van der Waals surface area contributed by atoms with Crippen molar-refractivity contribution in [2.24, 2.45) is 0 Å². The van der Waals surface area contributed by atoms with Crippen LogP contribution in [0, 0.1) is 5.82 Å². The molecule has 0 aliphatic heterocycles. The molecule has 1 saturated carbocycles. The Morgan fingerprint density at radius 1 is 1.32 bits per heavy atom. The van der Waals surface area contributed by atoms with Crippen LogP contribution in [-0.4, -0.2) is 32.1 Å². The first-order chi connectivity index (χ1) is 9.24. The van der Waals surface area contributed by atoms with Crippen LogP contribution < -0.4 is 5.32 Å². The number of rotatable bonds is 3. The summed E-state index contributed by atoms with van der Waals surface area (Å²) in [5, 5.41) is 8.41. The minimum atomic E-state index is -0.301. The third-order valence-corrected chi connectivity index (χ3v) is 4.77. The lowest BCUT2D eigenvalue weighted by Crippen LogP contribution is -2.27. The van der Waals surface area contributed by atoms with Gasteiger partial charge in [-0.05, 0) is 44.1 Å². The molecule has 2 heterocycles. The molecule has 2 aromatic heterocycles. The fraction of sp³-hybridized carbons (Fsp3) is 0.538. The van der Waals surface area contributed by atoms with Crippen LogP contribution in [0.2, 0.25) is 0 Å². The van der Waals surface area contributed by atoms with E-state index in [4.69, 9.17) is 0 Å². The van der Waals surface area contributed by atoms with Crippen molar-refractivity contribution < 1.29 is 4.39 Å². The Balaban J connectivity index is 1.68.